The zero-order valence-electron chi connectivity index (χ0n) is 21.3. The molecule has 2 aliphatic rings. The Hall–Kier alpha value is -2.82. The van der Waals surface area contributed by atoms with Crippen molar-refractivity contribution in [3.8, 4) is 16.9 Å². The summed E-state index contributed by atoms with van der Waals surface area (Å²) >= 11 is 0. The number of benzene rings is 3. The molecule has 0 N–H and O–H groups in total. The van der Waals surface area contributed by atoms with Gasteiger partial charge in [-0.05, 0) is 96.7 Å². The summed E-state index contributed by atoms with van der Waals surface area (Å²) in [6, 6.07) is 13.6. The van der Waals surface area contributed by atoms with Gasteiger partial charge in [-0.15, -0.1) is 0 Å². The summed E-state index contributed by atoms with van der Waals surface area (Å²) in [5, 5.41) is 0. The molecule has 2 saturated carbocycles. The monoisotopic (exact) mass is 510 g/mol. The molecular formula is C32H34F4O. The minimum absolute atomic E-state index is 0.0199. The first-order valence-corrected chi connectivity index (χ1v) is 13.6. The van der Waals surface area contributed by atoms with E-state index in [1.54, 1.807) is 24.3 Å². The lowest BCUT2D eigenvalue weighted by Gasteiger charge is -2.42. The summed E-state index contributed by atoms with van der Waals surface area (Å²) in [6.07, 6.45) is 9.25. The van der Waals surface area contributed by atoms with E-state index in [0.717, 1.165) is 48.8 Å². The van der Waals surface area contributed by atoms with Crippen molar-refractivity contribution in [2.45, 2.75) is 70.8 Å². The van der Waals surface area contributed by atoms with E-state index >= 15 is 8.78 Å². The Bertz CT molecular complexity index is 1180. The molecule has 0 saturated heterocycles. The van der Waals surface area contributed by atoms with E-state index in [1.807, 2.05) is 6.07 Å². The number of hydrogen-bond donors (Lipinski definition) is 0. The zero-order chi connectivity index (χ0) is 25.9. The van der Waals surface area contributed by atoms with Gasteiger partial charge in [0, 0.05) is 0 Å². The molecule has 2 aliphatic carbocycles. The van der Waals surface area contributed by atoms with Gasteiger partial charge in [0.25, 0.3) is 0 Å². The second-order valence-corrected chi connectivity index (χ2v) is 10.9. The van der Waals surface area contributed by atoms with Crippen LogP contribution in [0.2, 0.25) is 0 Å². The maximum absolute atomic E-state index is 15.2. The Labute approximate surface area is 216 Å². The van der Waals surface area contributed by atoms with E-state index in [2.05, 4.69) is 6.92 Å². The van der Waals surface area contributed by atoms with E-state index in [1.165, 1.54) is 44.2 Å². The highest BCUT2D eigenvalue weighted by atomic mass is 19.1. The Morgan fingerprint density at radius 3 is 2.08 bits per heavy atom. The highest BCUT2D eigenvalue weighted by Gasteiger charge is 2.36. The molecule has 0 aromatic heterocycles. The van der Waals surface area contributed by atoms with Gasteiger partial charge in [0.2, 0.25) is 0 Å². The molecule has 0 aliphatic heterocycles. The third kappa shape index (κ3) is 5.71. The average Bonchev–Trinajstić information content (AvgIpc) is 2.88. The molecule has 4 unspecified atom stereocenters. The number of ether oxygens (including phenoxy) is 1. The predicted octanol–water partition coefficient (Wildman–Crippen LogP) is 9.59. The molecule has 0 amide bonds. The molecular weight excluding hydrogens is 476 g/mol. The molecule has 0 spiro atoms. The van der Waals surface area contributed by atoms with Crippen LogP contribution in [0.3, 0.4) is 0 Å². The molecule has 0 heterocycles. The van der Waals surface area contributed by atoms with E-state index < -0.39 is 34.6 Å². The molecule has 5 rings (SSSR count). The minimum Gasteiger partial charge on any atom is -0.483 e. The molecule has 3 aromatic rings. The highest BCUT2D eigenvalue weighted by Crippen LogP contribution is 2.49. The Balaban J connectivity index is 1.32. The van der Waals surface area contributed by atoms with Gasteiger partial charge in [-0.25, -0.2) is 17.6 Å². The Kier molecular flexibility index (Phi) is 7.87. The third-order valence-electron chi connectivity index (χ3n) is 8.47. The Morgan fingerprint density at radius 1 is 0.757 bits per heavy atom. The van der Waals surface area contributed by atoms with Crippen LogP contribution in [0.4, 0.5) is 17.6 Å². The smallest absolute Gasteiger partial charge is 0.191 e. The maximum Gasteiger partial charge on any atom is 0.191 e. The highest BCUT2D eigenvalue weighted by molar-refractivity contribution is 5.66. The van der Waals surface area contributed by atoms with Gasteiger partial charge in [0.05, 0.1) is 5.56 Å². The maximum atomic E-state index is 15.2. The van der Waals surface area contributed by atoms with Crippen LogP contribution < -0.4 is 4.74 Å². The van der Waals surface area contributed by atoms with Crippen LogP contribution in [0.5, 0.6) is 5.75 Å². The summed E-state index contributed by atoms with van der Waals surface area (Å²) in [5.74, 6) is -1.85. The second-order valence-electron chi connectivity index (χ2n) is 10.9. The second kappa shape index (κ2) is 11.3. The van der Waals surface area contributed by atoms with E-state index in [-0.39, 0.29) is 18.1 Å². The lowest BCUT2D eigenvalue weighted by Crippen LogP contribution is -2.30. The molecule has 5 heteroatoms. The van der Waals surface area contributed by atoms with Crippen LogP contribution in [0.15, 0.2) is 54.6 Å². The first-order valence-electron chi connectivity index (χ1n) is 13.6. The van der Waals surface area contributed by atoms with Crippen LogP contribution in [-0.2, 0) is 6.61 Å². The topological polar surface area (TPSA) is 9.23 Å². The number of fused-ring (bicyclic) bond motifs is 1. The normalized spacial score (nSPS) is 23.5. The van der Waals surface area contributed by atoms with Gasteiger partial charge in [-0.2, -0.15) is 0 Å². The molecule has 2 fully saturated rings. The third-order valence-corrected chi connectivity index (χ3v) is 8.47. The fraction of sp³-hybridized carbons (Fsp3) is 0.438. The van der Waals surface area contributed by atoms with E-state index in [4.69, 9.17) is 4.74 Å². The van der Waals surface area contributed by atoms with E-state index in [9.17, 15) is 8.78 Å². The molecule has 196 valence electrons. The largest absolute Gasteiger partial charge is 0.483 e. The standard InChI is InChI=1S/C32H34F4O/c1-2-6-20-9-10-23-14-24(12-11-22(23)13-20)25-15-27(33)31(28(34)16-25)26-17-29(35)32(30(36)18-26)37-19-21-7-4-3-5-8-21/h3-5,7-8,15-18,20,22-24H,2,6,9-14,19H2,1H3. The number of hydrogen-bond acceptors (Lipinski definition) is 1. The van der Waals surface area contributed by atoms with Crippen molar-refractivity contribution in [3.63, 3.8) is 0 Å². The van der Waals surface area contributed by atoms with Gasteiger partial charge in [0.1, 0.15) is 18.2 Å². The first kappa shape index (κ1) is 25.8. The quantitative estimate of drug-likeness (QED) is 0.288. The average molecular weight is 511 g/mol. The van der Waals surface area contributed by atoms with Gasteiger partial charge in [-0.3, -0.25) is 0 Å². The lowest BCUT2D eigenvalue weighted by atomic mass is 9.63. The van der Waals surface area contributed by atoms with Gasteiger partial charge in [0.15, 0.2) is 17.4 Å². The Morgan fingerprint density at radius 2 is 1.41 bits per heavy atom. The van der Waals surface area contributed by atoms with Gasteiger partial charge in [-0.1, -0.05) is 56.5 Å². The van der Waals surface area contributed by atoms with Crippen molar-refractivity contribution in [2.24, 2.45) is 17.8 Å². The molecule has 4 atom stereocenters. The fourth-order valence-electron chi connectivity index (χ4n) is 6.64. The molecule has 1 nitrogen and oxygen atoms in total. The SMILES string of the molecule is CCCC1CCC2CC(c3cc(F)c(-c4cc(F)c(OCc5ccccc5)c(F)c4)c(F)c3)CCC2C1. The zero-order valence-corrected chi connectivity index (χ0v) is 21.3. The number of halogens is 4. The number of rotatable bonds is 7. The van der Waals surface area contributed by atoms with Crippen molar-refractivity contribution >= 4 is 0 Å². The summed E-state index contributed by atoms with van der Waals surface area (Å²) in [5.41, 5.74) is 0.809. The van der Waals surface area contributed by atoms with Crippen LogP contribution in [0.1, 0.15) is 75.3 Å². The van der Waals surface area contributed by atoms with Crippen LogP contribution in [0, 0.1) is 41.0 Å². The minimum atomic E-state index is -0.995. The molecule has 0 radical (unpaired) electrons. The van der Waals surface area contributed by atoms with Crippen LogP contribution >= 0.6 is 0 Å². The molecule has 0 bridgehead atoms. The summed E-state index contributed by atoms with van der Waals surface area (Å²) < 4.78 is 65.3. The van der Waals surface area contributed by atoms with Crippen molar-refractivity contribution < 1.29 is 22.3 Å². The molecule has 37 heavy (non-hydrogen) atoms. The lowest BCUT2D eigenvalue weighted by molar-refractivity contribution is 0.114. The van der Waals surface area contributed by atoms with Crippen molar-refractivity contribution in [1.82, 2.24) is 0 Å². The van der Waals surface area contributed by atoms with Crippen LogP contribution in [0.25, 0.3) is 11.1 Å². The fourth-order valence-corrected chi connectivity index (χ4v) is 6.64. The predicted molar refractivity (Wildman–Crippen MR) is 138 cm³/mol. The van der Waals surface area contributed by atoms with Crippen LogP contribution in [-0.4, -0.2) is 0 Å². The first-order chi connectivity index (χ1) is 17.9. The van der Waals surface area contributed by atoms with E-state index in [0.29, 0.717) is 11.5 Å². The summed E-state index contributed by atoms with van der Waals surface area (Å²) in [4.78, 5) is 0. The summed E-state index contributed by atoms with van der Waals surface area (Å²) in [6.45, 7) is 2.22. The molecule has 3 aromatic carbocycles. The van der Waals surface area contributed by atoms with Crippen molar-refractivity contribution in [2.75, 3.05) is 0 Å². The van der Waals surface area contributed by atoms with Gasteiger partial charge < -0.3 is 4.74 Å². The van der Waals surface area contributed by atoms with Crippen molar-refractivity contribution in [3.05, 3.63) is 89.0 Å². The van der Waals surface area contributed by atoms with Gasteiger partial charge >= 0.3 is 0 Å². The summed E-state index contributed by atoms with van der Waals surface area (Å²) in [7, 11) is 0. The van der Waals surface area contributed by atoms with Crippen molar-refractivity contribution in [1.29, 1.82) is 0 Å².